The van der Waals surface area contributed by atoms with Crippen molar-refractivity contribution in [2.75, 3.05) is 31.3 Å². The van der Waals surface area contributed by atoms with Gasteiger partial charge in [-0.3, -0.25) is 4.79 Å². The minimum absolute atomic E-state index is 0.0992. The predicted molar refractivity (Wildman–Crippen MR) is 89.5 cm³/mol. The lowest BCUT2D eigenvalue weighted by Gasteiger charge is -2.27. The largest absolute Gasteiger partial charge is 0.495 e. The lowest BCUT2D eigenvalue weighted by molar-refractivity contribution is 0.0854. The molecular weight excluding hydrogens is 308 g/mol. The Bertz CT molecular complexity index is 799. The molecule has 0 fully saturated rings. The summed E-state index contributed by atoms with van der Waals surface area (Å²) < 4.78 is 12.2. The lowest BCUT2D eigenvalue weighted by atomic mass is 9.90. The summed E-state index contributed by atoms with van der Waals surface area (Å²) in [6.07, 6.45) is 1.39. The number of ether oxygens (including phenoxy) is 2. The molecule has 7 nitrogen and oxygen atoms in total. The first-order valence-corrected chi connectivity index (χ1v) is 8.09. The fraction of sp³-hybridized carbons (Fsp3) is 0.412. The van der Waals surface area contributed by atoms with E-state index >= 15 is 0 Å². The number of carbonyl (C=O) groups is 1. The predicted octanol–water partition coefficient (Wildman–Crippen LogP) is 1.79. The van der Waals surface area contributed by atoms with Crippen molar-refractivity contribution in [3.63, 3.8) is 0 Å². The highest BCUT2D eigenvalue weighted by Crippen LogP contribution is 2.39. The fourth-order valence-electron chi connectivity index (χ4n) is 3.51. The molecule has 2 aliphatic rings. The smallest absolute Gasteiger partial charge is 0.256 e. The summed E-state index contributed by atoms with van der Waals surface area (Å²) in [5.74, 6) is 0.797. The van der Waals surface area contributed by atoms with Crippen LogP contribution >= 0.6 is 0 Å². The number of methoxy groups -OCH3 is 1. The molecule has 1 aromatic carbocycles. The molecule has 2 aromatic rings. The molecule has 126 valence electrons. The van der Waals surface area contributed by atoms with E-state index in [0.717, 1.165) is 28.3 Å². The quantitative estimate of drug-likeness (QED) is 0.873. The average Bonchev–Trinajstić information content (AvgIpc) is 2.97. The number of benzene rings is 1. The van der Waals surface area contributed by atoms with Crippen molar-refractivity contribution in [2.45, 2.75) is 25.4 Å². The number of nitrogens with one attached hydrogen (secondary N) is 1. The molecule has 0 radical (unpaired) electrons. The standard InChI is InChI=1S/C17H20N4O3/c1-23-14-4-2-3-10-11(5-7-19-15(10)14)17(22)21-16(18)12-6-8-24-9-13(12)20-21/h2-4,11,19H,5-9,18H2,1H3. The molecule has 0 saturated heterocycles. The number of nitrogens with two attached hydrogens (primary N) is 1. The molecule has 0 spiro atoms. The molecule has 0 amide bonds. The third-order valence-corrected chi connectivity index (χ3v) is 4.74. The van der Waals surface area contributed by atoms with E-state index in [2.05, 4.69) is 10.4 Å². The monoisotopic (exact) mass is 328 g/mol. The molecule has 3 heterocycles. The number of para-hydroxylation sites is 1. The van der Waals surface area contributed by atoms with Crippen LogP contribution in [0.2, 0.25) is 0 Å². The molecule has 2 aliphatic heterocycles. The molecule has 0 aliphatic carbocycles. The van der Waals surface area contributed by atoms with Crippen LogP contribution in [-0.4, -0.2) is 35.9 Å². The lowest BCUT2D eigenvalue weighted by Crippen LogP contribution is -2.28. The Kier molecular flexibility index (Phi) is 3.65. The first kappa shape index (κ1) is 15.0. The van der Waals surface area contributed by atoms with E-state index in [0.29, 0.717) is 38.4 Å². The van der Waals surface area contributed by atoms with Gasteiger partial charge in [0.1, 0.15) is 11.6 Å². The maximum absolute atomic E-state index is 13.1. The van der Waals surface area contributed by atoms with Gasteiger partial charge in [0, 0.05) is 18.5 Å². The second-order valence-electron chi connectivity index (χ2n) is 6.06. The summed E-state index contributed by atoms with van der Waals surface area (Å²) in [7, 11) is 1.63. The van der Waals surface area contributed by atoms with E-state index in [1.165, 1.54) is 4.68 Å². The Morgan fingerprint density at radius 1 is 1.50 bits per heavy atom. The van der Waals surface area contributed by atoms with E-state index < -0.39 is 0 Å². The van der Waals surface area contributed by atoms with Crippen LogP contribution < -0.4 is 15.8 Å². The van der Waals surface area contributed by atoms with Gasteiger partial charge in [0.2, 0.25) is 0 Å². The SMILES string of the molecule is COc1cccc2c1NCCC2C(=O)n1nc2c(c1N)CCOC2. The highest BCUT2D eigenvalue weighted by atomic mass is 16.5. The molecule has 24 heavy (non-hydrogen) atoms. The summed E-state index contributed by atoms with van der Waals surface area (Å²) in [6, 6.07) is 5.74. The number of aromatic nitrogens is 2. The maximum atomic E-state index is 13.1. The van der Waals surface area contributed by atoms with Crippen LogP contribution in [0.25, 0.3) is 0 Å². The molecule has 1 unspecified atom stereocenters. The van der Waals surface area contributed by atoms with Gasteiger partial charge in [-0.1, -0.05) is 12.1 Å². The van der Waals surface area contributed by atoms with E-state index in [1.54, 1.807) is 7.11 Å². The van der Waals surface area contributed by atoms with E-state index in [9.17, 15) is 4.79 Å². The highest BCUT2D eigenvalue weighted by molar-refractivity contribution is 5.91. The number of nitrogens with zero attached hydrogens (tertiary/aromatic N) is 2. The number of hydrogen-bond acceptors (Lipinski definition) is 6. The molecule has 7 heteroatoms. The number of fused-ring (bicyclic) bond motifs is 2. The topological polar surface area (TPSA) is 91.4 Å². The molecule has 0 bridgehead atoms. The Morgan fingerprint density at radius 2 is 2.38 bits per heavy atom. The van der Waals surface area contributed by atoms with E-state index in [4.69, 9.17) is 15.2 Å². The van der Waals surface area contributed by atoms with Gasteiger partial charge in [-0.25, -0.2) is 0 Å². The number of nitrogen functional groups attached to an aromatic ring is 1. The third-order valence-electron chi connectivity index (χ3n) is 4.74. The van der Waals surface area contributed by atoms with Crippen molar-refractivity contribution in [3.05, 3.63) is 35.0 Å². The van der Waals surface area contributed by atoms with Crippen molar-refractivity contribution in [1.82, 2.24) is 9.78 Å². The van der Waals surface area contributed by atoms with Crippen molar-refractivity contribution in [2.24, 2.45) is 0 Å². The van der Waals surface area contributed by atoms with Gasteiger partial charge in [-0.05, 0) is 18.1 Å². The Balaban J connectivity index is 1.73. The minimum atomic E-state index is -0.291. The number of rotatable bonds is 2. The van der Waals surface area contributed by atoms with Crippen LogP contribution in [0.1, 0.15) is 34.0 Å². The van der Waals surface area contributed by atoms with E-state index in [1.807, 2.05) is 18.2 Å². The molecule has 3 N–H and O–H groups in total. The first-order chi connectivity index (χ1) is 11.7. The van der Waals surface area contributed by atoms with Crippen LogP contribution in [0.5, 0.6) is 5.75 Å². The fourth-order valence-corrected chi connectivity index (χ4v) is 3.51. The second-order valence-corrected chi connectivity index (χ2v) is 6.06. The third kappa shape index (κ3) is 2.24. The Hall–Kier alpha value is -2.54. The molecule has 0 saturated carbocycles. The van der Waals surface area contributed by atoms with E-state index in [-0.39, 0.29) is 11.8 Å². The van der Waals surface area contributed by atoms with Crippen molar-refractivity contribution in [1.29, 1.82) is 0 Å². The second kappa shape index (κ2) is 5.83. The summed E-state index contributed by atoms with van der Waals surface area (Å²) in [6.45, 7) is 1.73. The number of carbonyl (C=O) groups excluding carboxylic acids is 1. The van der Waals surface area contributed by atoms with Crippen LogP contribution in [0, 0.1) is 0 Å². The summed E-state index contributed by atoms with van der Waals surface area (Å²) in [5.41, 5.74) is 9.70. The average molecular weight is 328 g/mol. The number of hydrogen-bond donors (Lipinski definition) is 2. The molecule has 4 rings (SSSR count). The summed E-state index contributed by atoms with van der Waals surface area (Å²) in [5, 5.41) is 7.73. The van der Waals surface area contributed by atoms with Gasteiger partial charge in [0.05, 0.1) is 37.6 Å². The van der Waals surface area contributed by atoms with Crippen LogP contribution in [0.15, 0.2) is 18.2 Å². The van der Waals surface area contributed by atoms with Crippen LogP contribution in [-0.2, 0) is 17.8 Å². The molecule has 1 atom stereocenters. The zero-order chi connectivity index (χ0) is 16.7. The highest BCUT2D eigenvalue weighted by Gasteiger charge is 2.32. The van der Waals surface area contributed by atoms with Crippen molar-refractivity contribution < 1.29 is 14.3 Å². The van der Waals surface area contributed by atoms with Gasteiger partial charge in [0.25, 0.3) is 5.91 Å². The zero-order valence-electron chi connectivity index (χ0n) is 13.5. The van der Waals surface area contributed by atoms with Gasteiger partial charge in [-0.15, -0.1) is 0 Å². The van der Waals surface area contributed by atoms with Crippen molar-refractivity contribution >= 4 is 17.4 Å². The summed E-state index contributed by atoms with van der Waals surface area (Å²) >= 11 is 0. The van der Waals surface area contributed by atoms with Crippen LogP contribution in [0.4, 0.5) is 11.5 Å². The molecular formula is C17H20N4O3. The van der Waals surface area contributed by atoms with Crippen molar-refractivity contribution in [3.8, 4) is 5.75 Å². The molecule has 1 aromatic heterocycles. The zero-order valence-corrected chi connectivity index (χ0v) is 13.5. The van der Waals surface area contributed by atoms with Crippen LogP contribution in [0.3, 0.4) is 0 Å². The number of anilines is 2. The maximum Gasteiger partial charge on any atom is 0.256 e. The van der Waals surface area contributed by atoms with Gasteiger partial charge >= 0.3 is 0 Å². The Morgan fingerprint density at radius 3 is 3.17 bits per heavy atom. The Labute approximate surface area is 139 Å². The summed E-state index contributed by atoms with van der Waals surface area (Å²) in [4.78, 5) is 13.1. The first-order valence-electron chi connectivity index (χ1n) is 8.09. The van der Waals surface area contributed by atoms with Gasteiger partial charge in [-0.2, -0.15) is 9.78 Å². The van der Waals surface area contributed by atoms with Gasteiger partial charge < -0.3 is 20.5 Å². The van der Waals surface area contributed by atoms with Gasteiger partial charge in [0.15, 0.2) is 0 Å². The normalized spacial score (nSPS) is 19.1. The minimum Gasteiger partial charge on any atom is -0.495 e.